The molecule has 3 rings (SSSR count). The second-order valence-electron chi connectivity index (χ2n) is 7.32. The lowest BCUT2D eigenvalue weighted by atomic mass is 10.2. The van der Waals surface area contributed by atoms with Crippen molar-refractivity contribution in [3.8, 4) is 0 Å². The second-order valence-corrected chi connectivity index (χ2v) is 7.32. The van der Waals surface area contributed by atoms with Crippen molar-refractivity contribution in [3.05, 3.63) is 48.4 Å². The number of aromatic nitrogens is 2. The fraction of sp³-hybridized carbons (Fsp3) is 0.500. The van der Waals surface area contributed by atoms with Gasteiger partial charge in [-0.15, -0.1) is 0 Å². The summed E-state index contributed by atoms with van der Waals surface area (Å²) in [5.41, 5.74) is 1.27. The number of amides is 1. The second kappa shape index (κ2) is 10.3. The fourth-order valence-electron chi connectivity index (χ4n) is 3.60. The molecule has 0 unspecified atom stereocenters. The lowest BCUT2D eigenvalue weighted by molar-refractivity contribution is 0.0988. The molecular weight excluding hydrogens is 364 g/mol. The molecule has 0 atom stereocenters. The highest BCUT2D eigenvalue weighted by Crippen LogP contribution is 2.17. The van der Waals surface area contributed by atoms with Crippen LogP contribution in [0.1, 0.15) is 24.3 Å². The summed E-state index contributed by atoms with van der Waals surface area (Å²) in [6.45, 7) is 12.7. The minimum Gasteiger partial charge on any atom is -0.354 e. The molecule has 2 heterocycles. The molecule has 0 aliphatic carbocycles. The molecule has 1 fully saturated rings. The van der Waals surface area contributed by atoms with Gasteiger partial charge in [-0.2, -0.15) is 0 Å². The number of hydrogen-bond donors (Lipinski definition) is 0. The molecule has 7 nitrogen and oxygen atoms in total. The lowest BCUT2D eigenvalue weighted by Gasteiger charge is -2.36. The van der Waals surface area contributed by atoms with Gasteiger partial charge >= 0.3 is 0 Å². The first-order valence-electron chi connectivity index (χ1n) is 10.5. The minimum atomic E-state index is -0.127. The predicted octanol–water partition coefficient (Wildman–Crippen LogP) is 2.22. The van der Waals surface area contributed by atoms with E-state index in [1.54, 1.807) is 11.9 Å². The Hall–Kier alpha value is -2.51. The third kappa shape index (κ3) is 5.52. The SMILES string of the molecule is CCN(CC)CCN1CCN(c2cc(C(=O)N(C)c3ccccc3)ncn2)CC1. The first-order chi connectivity index (χ1) is 14.1. The molecule has 0 radical (unpaired) electrons. The zero-order chi connectivity index (χ0) is 20.6. The van der Waals surface area contributed by atoms with Gasteiger partial charge in [-0.3, -0.25) is 9.69 Å². The standard InChI is InChI=1S/C22H32N6O/c1-4-26(5-2)11-12-27-13-15-28(16-14-27)21-17-20(23-18-24-21)22(29)25(3)19-9-7-6-8-10-19/h6-10,17-18H,4-5,11-16H2,1-3H3. The largest absolute Gasteiger partial charge is 0.354 e. The molecule has 7 heteroatoms. The number of piperazine rings is 1. The van der Waals surface area contributed by atoms with Crippen molar-refractivity contribution < 1.29 is 4.79 Å². The Balaban J connectivity index is 1.58. The molecular formula is C22H32N6O. The van der Waals surface area contributed by atoms with E-state index < -0.39 is 0 Å². The summed E-state index contributed by atoms with van der Waals surface area (Å²) in [4.78, 5) is 30.3. The van der Waals surface area contributed by atoms with Crippen molar-refractivity contribution in [3.63, 3.8) is 0 Å². The van der Waals surface area contributed by atoms with E-state index in [4.69, 9.17) is 0 Å². The molecule has 29 heavy (non-hydrogen) atoms. The Bertz CT molecular complexity index is 772. The van der Waals surface area contributed by atoms with E-state index >= 15 is 0 Å². The number of rotatable bonds is 8. The van der Waals surface area contributed by atoms with Gasteiger partial charge in [0.2, 0.25) is 0 Å². The van der Waals surface area contributed by atoms with E-state index in [0.29, 0.717) is 5.69 Å². The number of anilines is 2. The smallest absolute Gasteiger partial charge is 0.276 e. The normalized spacial score (nSPS) is 15.0. The maximum atomic E-state index is 12.8. The van der Waals surface area contributed by atoms with Crippen molar-refractivity contribution in [1.82, 2.24) is 19.8 Å². The monoisotopic (exact) mass is 396 g/mol. The molecule has 1 aromatic carbocycles. The maximum absolute atomic E-state index is 12.8. The topological polar surface area (TPSA) is 55.8 Å². The third-order valence-corrected chi connectivity index (χ3v) is 5.64. The zero-order valence-corrected chi connectivity index (χ0v) is 17.8. The number of benzene rings is 1. The van der Waals surface area contributed by atoms with E-state index in [1.807, 2.05) is 36.4 Å². The first-order valence-corrected chi connectivity index (χ1v) is 10.5. The highest BCUT2D eigenvalue weighted by Gasteiger charge is 2.21. The van der Waals surface area contributed by atoms with Crippen LogP contribution in [0.15, 0.2) is 42.7 Å². The van der Waals surface area contributed by atoms with E-state index in [9.17, 15) is 4.79 Å². The van der Waals surface area contributed by atoms with Gasteiger partial charge in [0, 0.05) is 58.1 Å². The van der Waals surface area contributed by atoms with E-state index in [0.717, 1.165) is 63.9 Å². The number of carbonyl (C=O) groups is 1. The summed E-state index contributed by atoms with van der Waals surface area (Å²) in [5.74, 6) is 0.700. The van der Waals surface area contributed by atoms with Crippen LogP contribution >= 0.6 is 0 Å². The van der Waals surface area contributed by atoms with Crippen molar-refractivity contribution >= 4 is 17.4 Å². The molecule has 1 aliphatic rings. The Morgan fingerprint density at radius 3 is 2.38 bits per heavy atom. The Labute approximate surface area is 174 Å². The van der Waals surface area contributed by atoms with Crippen LogP contribution in [0.2, 0.25) is 0 Å². The summed E-state index contributed by atoms with van der Waals surface area (Å²) in [6, 6.07) is 11.4. The predicted molar refractivity (Wildman–Crippen MR) is 118 cm³/mol. The summed E-state index contributed by atoms with van der Waals surface area (Å²) in [6.07, 6.45) is 1.49. The number of likely N-dealkylation sites (N-methyl/N-ethyl adjacent to an activating group) is 1. The van der Waals surface area contributed by atoms with Crippen LogP contribution in [0.4, 0.5) is 11.5 Å². The van der Waals surface area contributed by atoms with Crippen LogP contribution in [0.3, 0.4) is 0 Å². The van der Waals surface area contributed by atoms with Gasteiger partial charge in [-0.1, -0.05) is 32.0 Å². The van der Waals surface area contributed by atoms with Crippen LogP contribution in [0, 0.1) is 0 Å². The lowest BCUT2D eigenvalue weighted by Crippen LogP contribution is -2.48. The van der Waals surface area contributed by atoms with Gasteiger partial charge in [0.15, 0.2) is 0 Å². The van der Waals surface area contributed by atoms with Gasteiger partial charge in [0.25, 0.3) is 5.91 Å². The molecule has 1 amide bonds. The minimum absolute atomic E-state index is 0.127. The highest BCUT2D eigenvalue weighted by atomic mass is 16.2. The average Bonchev–Trinajstić information content (AvgIpc) is 2.80. The maximum Gasteiger partial charge on any atom is 0.276 e. The van der Waals surface area contributed by atoms with Gasteiger partial charge in [-0.05, 0) is 25.2 Å². The molecule has 1 saturated heterocycles. The molecule has 0 spiro atoms. The summed E-state index contributed by atoms with van der Waals surface area (Å²) in [7, 11) is 1.77. The van der Waals surface area contributed by atoms with Crippen LogP contribution in [0.25, 0.3) is 0 Å². The van der Waals surface area contributed by atoms with Crippen molar-refractivity contribution in [2.24, 2.45) is 0 Å². The molecule has 0 saturated carbocycles. The summed E-state index contributed by atoms with van der Waals surface area (Å²) < 4.78 is 0. The average molecular weight is 397 g/mol. The number of nitrogens with zero attached hydrogens (tertiary/aromatic N) is 6. The molecule has 1 aliphatic heterocycles. The molecule has 2 aromatic rings. The van der Waals surface area contributed by atoms with E-state index in [2.05, 4.69) is 38.5 Å². The molecule has 156 valence electrons. The van der Waals surface area contributed by atoms with Crippen LogP contribution in [0.5, 0.6) is 0 Å². The van der Waals surface area contributed by atoms with Gasteiger partial charge in [0.1, 0.15) is 17.8 Å². The quantitative estimate of drug-likeness (QED) is 0.682. The Kier molecular flexibility index (Phi) is 7.55. The third-order valence-electron chi connectivity index (χ3n) is 5.64. The van der Waals surface area contributed by atoms with Gasteiger partial charge in [0.05, 0.1) is 0 Å². The number of hydrogen-bond acceptors (Lipinski definition) is 6. The van der Waals surface area contributed by atoms with Crippen LogP contribution in [-0.4, -0.2) is 85.1 Å². The molecule has 1 aromatic heterocycles. The van der Waals surface area contributed by atoms with Crippen molar-refractivity contribution in [2.45, 2.75) is 13.8 Å². The number of para-hydroxylation sites is 1. The van der Waals surface area contributed by atoms with Crippen molar-refractivity contribution in [1.29, 1.82) is 0 Å². The molecule has 0 bridgehead atoms. The van der Waals surface area contributed by atoms with Crippen molar-refractivity contribution in [2.75, 3.05) is 69.2 Å². The Morgan fingerprint density at radius 2 is 1.72 bits per heavy atom. The van der Waals surface area contributed by atoms with Crippen LogP contribution in [-0.2, 0) is 0 Å². The zero-order valence-electron chi connectivity index (χ0n) is 17.8. The summed E-state index contributed by atoms with van der Waals surface area (Å²) >= 11 is 0. The summed E-state index contributed by atoms with van der Waals surface area (Å²) in [5, 5.41) is 0. The van der Waals surface area contributed by atoms with Crippen LogP contribution < -0.4 is 9.80 Å². The van der Waals surface area contributed by atoms with E-state index in [1.165, 1.54) is 6.33 Å². The fourth-order valence-corrected chi connectivity index (χ4v) is 3.60. The van der Waals surface area contributed by atoms with E-state index in [-0.39, 0.29) is 5.91 Å². The first kappa shape index (κ1) is 21.2. The Morgan fingerprint density at radius 1 is 1.03 bits per heavy atom. The van der Waals surface area contributed by atoms with Gasteiger partial charge < -0.3 is 14.7 Å². The molecule has 0 N–H and O–H groups in total. The number of carbonyl (C=O) groups excluding carboxylic acids is 1. The highest BCUT2D eigenvalue weighted by molar-refractivity contribution is 6.04. The van der Waals surface area contributed by atoms with Gasteiger partial charge in [-0.25, -0.2) is 9.97 Å².